The fourth-order valence-electron chi connectivity index (χ4n) is 4.30. The highest BCUT2D eigenvalue weighted by molar-refractivity contribution is 6.07. The van der Waals surface area contributed by atoms with Gasteiger partial charge in [-0.1, -0.05) is 18.2 Å². The molecule has 0 unspecified atom stereocenters. The largest absolute Gasteiger partial charge is 0.383 e. The van der Waals surface area contributed by atoms with Crippen LogP contribution in [0.15, 0.2) is 67.3 Å². The molecule has 0 radical (unpaired) electrons. The number of nitrogens with zero attached hydrogens (tertiary/aromatic N) is 6. The topological polar surface area (TPSA) is 103 Å². The molecule has 0 amide bonds. The molecule has 1 saturated heterocycles. The molecule has 0 saturated carbocycles. The summed E-state index contributed by atoms with van der Waals surface area (Å²) in [5.41, 5.74) is 11.4. The number of hydrogen-bond acceptors (Lipinski definition) is 8. The predicted octanol–water partition coefficient (Wildman–Crippen LogP) is 3.72. The molecule has 162 valence electrons. The molecular weight excluding hydrogens is 414 g/mol. The summed E-state index contributed by atoms with van der Waals surface area (Å²) in [7, 11) is 0. The number of pyridine rings is 3. The van der Waals surface area contributed by atoms with E-state index in [1.807, 2.05) is 54.9 Å². The van der Waals surface area contributed by atoms with E-state index in [-0.39, 0.29) is 0 Å². The van der Waals surface area contributed by atoms with Gasteiger partial charge in [-0.3, -0.25) is 4.98 Å². The molecule has 6 rings (SSSR count). The molecule has 8 nitrogen and oxygen atoms in total. The second kappa shape index (κ2) is 8.07. The SMILES string of the molecule is Nc1ncnc2nc(-c3ccc(N4CCOCC4)nc3)cc(-c3ccnc4ccccc34)c12. The molecule has 0 aliphatic carbocycles. The lowest BCUT2D eigenvalue weighted by Gasteiger charge is -2.27. The van der Waals surface area contributed by atoms with Gasteiger partial charge >= 0.3 is 0 Å². The quantitative estimate of drug-likeness (QED) is 0.457. The van der Waals surface area contributed by atoms with Gasteiger partial charge in [0.25, 0.3) is 0 Å². The van der Waals surface area contributed by atoms with Crippen LogP contribution in [0, 0.1) is 0 Å². The van der Waals surface area contributed by atoms with Crippen LogP contribution in [-0.4, -0.2) is 51.2 Å². The third kappa shape index (κ3) is 3.50. The van der Waals surface area contributed by atoms with Crippen molar-refractivity contribution >= 4 is 33.6 Å². The second-order valence-corrected chi connectivity index (χ2v) is 7.89. The molecular formula is C25H21N7O. The highest BCUT2D eigenvalue weighted by Crippen LogP contribution is 2.36. The van der Waals surface area contributed by atoms with E-state index in [2.05, 4.69) is 25.9 Å². The number of ether oxygens (including phenoxy) is 1. The van der Waals surface area contributed by atoms with Crippen LogP contribution in [0.5, 0.6) is 0 Å². The Morgan fingerprint density at radius 2 is 1.76 bits per heavy atom. The Hall–Kier alpha value is -4.17. The highest BCUT2D eigenvalue weighted by atomic mass is 16.5. The van der Waals surface area contributed by atoms with Gasteiger partial charge in [-0.2, -0.15) is 0 Å². The number of rotatable bonds is 3. The van der Waals surface area contributed by atoms with Crippen LogP contribution >= 0.6 is 0 Å². The van der Waals surface area contributed by atoms with E-state index in [0.29, 0.717) is 11.5 Å². The molecule has 1 aromatic carbocycles. The Kier molecular flexibility index (Phi) is 4.77. The molecule has 1 aliphatic rings. The zero-order valence-corrected chi connectivity index (χ0v) is 17.8. The predicted molar refractivity (Wildman–Crippen MR) is 129 cm³/mol. The monoisotopic (exact) mass is 435 g/mol. The average molecular weight is 435 g/mol. The Morgan fingerprint density at radius 1 is 0.879 bits per heavy atom. The first kappa shape index (κ1) is 19.5. The fraction of sp³-hybridized carbons (Fsp3) is 0.160. The van der Waals surface area contributed by atoms with Gasteiger partial charge in [0, 0.05) is 36.4 Å². The van der Waals surface area contributed by atoms with Gasteiger partial charge in [-0.05, 0) is 41.5 Å². The van der Waals surface area contributed by atoms with Crippen molar-refractivity contribution in [3.05, 3.63) is 67.3 Å². The van der Waals surface area contributed by atoms with E-state index < -0.39 is 0 Å². The molecule has 0 spiro atoms. The molecule has 1 fully saturated rings. The molecule has 5 heterocycles. The Morgan fingerprint density at radius 3 is 2.61 bits per heavy atom. The van der Waals surface area contributed by atoms with Crippen molar-refractivity contribution in [3.63, 3.8) is 0 Å². The van der Waals surface area contributed by atoms with Crippen molar-refractivity contribution in [1.29, 1.82) is 0 Å². The normalized spacial score (nSPS) is 14.1. The van der Waals surface area contributed by atoms with Crippen molar-refractivity contribution in [1.82, 2.24) is 24.9 Å². The van der Waals surface area contributed by atoms with E-state index in [4.69, 9.17) is 20.4 Å². The summed E-state index contributed by atoms with van der Waals surface area (Å²) in [4.78, 5) is 24.9. The number of anilines is 2. The smallest absolute Gasteiger partial charge is 0.165 e. The van der Waals surface area contributed by atoms with E-state index in [1.54, 1.807) is 0 Å². The summed E-state index contributed by atoms with van der Waals surface area (Å²) in [6.45, 7) is 3.13. The summed E-state index contributed by atoms with van der Waals surface area (Å²) in [5, 5.41) is 1.76. The minimum Gasteiger partial charge on any atom is -0.383 e. The van der Waals surface area contributed by atoms with Crippen molar-refractivity contribution in [2.45, 2.75) is 0 Å². The number of morpholine rings is 1. The minimum absolute atomic E-state index is 0.399. The summed E-state index contributed by atoms with van der Waals surface area (Å²) in [5.74, 6) is 1.34. The average Bonchev–Trinajstić information content (AvgIpc) is 2.88. The summed E-state index contributed by atoms with van der Waals surface area (Å²) in [6, 6.07) is 16.1. The number of hydrogen-bond donors (Lipinski definition) is 1. The van der Waals surface area contributed by atoms with Crippen molar-refractivity contribution in [2.24, 2.45) is 0 Å². The lowest BCUT2D eigenvalue weighted by Crippen LogP contribution is -2.36. The maximum absolute atomic E-state index is 6.29. The summed E-state index contributed by atoms with van der Waals surface area (Å²) in [6.07, 6.45) is 5.11. The van der Waals surface area contributed by atoms with Gasteiger partial charge in [-0.15, -0.1) is 0 Å². The van der Waals surface area contributed by atoms with Crippen LogP contribution in [0.25, 0.3) is 44.3 Å². The molecule has 33 heavy (non-hydrogen) atoms. The molecule has 0 atom stereocenters. The van der Waals surface area contributed by atoms with Crippen LogP contribution in [0.4, 0.5) is 11.6 Å². The molecule has 4 aromatic heterocycles. The zero-order chi connectivity index (χ0) is 22.2. The molecule has 1 aliphatic heterocycles. The number of fused-ring (bicyclic) bond motifs is 2. The summed E-state index contributed by atoms with van der Waals surface area (Å²) < 4.78 is 5.44. The van der Waals surface area contributed by atoms with E-state index in [9.17, 15) is 0 Å². The fourth-order valence-corrected chi connectivity index (χ4v) is 4.30. The van der Waals surface area contributed by atoms with E-state index in [1.165, 1.54) is 6.33 Å². The van der Waals surface area contributed by atoms with Gasteiger partial charge in [-0.25, -0.2) is 19.9 Å². The summed E-state index contributed by atoms with van der Waals surface area (Å²) >= 11 is 0. The van der Waals surface area contributed by atoms with Crippen molar-refractivity contribution in [2.75, 3.05) is 36.9 Å². The Labute approximate surface area is 190 Å². The number of para-hydroxylation sites is 1. The third-order valence-corrected chi connectivity index (χ3v) is 5.95. The van der Waals surface area contributed by atoms with Gasteiger partial charge in [0.05, 0.1) is 29.8 Å². The molecule has 0 bridgehead atoms. The Balaban J connectivity index is 1.52. The first-order valence-electron chi connectivity index (χ1n) is 10.8. The van der Waals surface area contributed by atoms with Gasteiger partial charge in [0.15, 0.2) is 5.65 Å². The van der Waals surface area contributed by atoms with Crippen LogP contribution in [0.2, 0.25) is 0 Å². The van der Waals surface area contributed by atoms with Crippen LogP contribution in [-0.2, 0) is 4.74 Å². The third-order valence-electron chi connectivity index (χ3n) is 5.95. The number of aromatic nitrogens is 5. The van der Waals surface area contributed by atoms with Crippen molar-refractivity contribution in [3.8, 4) is 22.4 Å². The first-order valence-corrected chi connectivity index (χ1v) is 10.8. The molecule has 5 aromatic rings. The lowest BCUT2D eigenvalue weighted by molar-refractivity contribution is 0.122. The van der Waals surface area contributed by atoms with Crippen LogP contribution in [0.3, 0.4) is 0 Å². The second-order valence-electron chi connectivity index (χ2n) is 7.89. The first-order chi connectivity index (χ1) is 16.3. The van der Waals surface area contributed by atoms with Gasteiger partial charge < -0.3 is 15.4 Å². The minimum atomic E-state index is 0.399. The Bertz CT molecular complexity index is 1460. The molecule has 2 N–H and O–H groups in total. The number of nitrogens with two attached hydrogens (primary N) is 1. The maximum Gasteiger partial charge on any atom is 0.165 e. The zero-order valence-electron chi connectivity index (χ0n) is 17.8. The van der Waals surface area contributed by atoms with Gasteiger partial charge in [0.2, 0.25) is 0 Å². The standard InChI is InChI=1S/C25H21N7O/c26-24-23-19(17-7-8-27-20-4-2-1-3-18(17)20)13-21(31-25(23)30-15-29-24)16-5-6-22(28-14-16)32-9-11-33-12-10-32/h1-8,13-15H,9-12H2,(H2,26,29,30,31). The number of benzene rings is 1. The van der Waals surface area contributed by atoms with Crippen molar-refractivity contribution < 1.29 is 4.74 Å². The maximum atomic E-state index is 6.29. The molecule has 8 heteroatoms. The van der Waals surface area contributed by atoms with Crippen LogP contribution < -0.4 is 10.6 Å². The lowest BCUT2D eigenvalue weighted by atomic mass is 9.97. The van der Waals surface area contributed by atoms with Gasteiger partial charge in [0.1, 0.15) is 18.0 Å². The number of nitrogen functional groups attached to an aromatic ring is 1. The van der Waals surface area contributed by atoms with E-state index in [0.717, 1.165) is 70.8 Å². The van der Waals surface area contributed by atoms with E-state index >= 15 is 0 Å². The van der Waals surface area contributed by atoms with Crippen LogP contribution in [0.1, 0.15) is 0 Å². The highest BCUT2D eigenvalue weighted by Gasteiger charge is 2.17.